The van der Waals surface area contributed by atoms with Crippen LogP contribution in [0.15, 0.2) is 48.5 Å². The molecule has 19 heteroatoms. The van der Waals surface area contributed by atoms with Gasteiger partial charge in [-0.15, -0.1) is 0 Å². The Labute approximate surface area is 308 Å². The predicted molar refractivity (Wildman–Crippen MR) is 196 cm³/mol. The Morgan fingerprint density at radius 1 is 0.736 bits per heavy atom. The lowest BCUT2D eigenvalue weighted by Crippen LogP contribution is -2.63. The van der Waals surface area contributed by atoms with Gasteiger partial charge in [0, 0.05) is 5.56 Å². The summed E-state index contributed by atoms with van der Waals surface area (Å²) in [7, 11) is -2.16. The molecule has 0 aliphatic rings. The molecule has 0 saturated heterocycles. The zero-order valence-electron chi connectivity index (χ0n) is 29.9. The quantitative estimate of drug-likeness (QED) is 0.0326. The van der Waals surface area contributed by atoms with Crippen LogP contribution in [0.5, 0.6) is 0 Å². The minimum Gasteiger partial charge on any atom is -0.425 e. The van der Waals surface area contributed by atoms with Gasteiger partial charge in [0.2, 0.25) is 23.6 Å². The molecule has 0 fully saturated rings. The van der Waals surface area contributed by atoms with E-state index in [1.807, 2.05) is 17.4 Å². The lowest BCUT2D eigenvalue weighted by Gasteiger charge is -2.26. The molecule has 290 valence electrons. The molecule has 0 heterocycles. The van der Waals surface area contributed by atoms with Crippen LogP contribution in [0, 0.1) is 0 Å². The van der Waals surface area contributed by atoms with Crippen molar-refractivity contribution in [2.45, 2.75) is 95.3 Å². The molecule has 6 amide bonds. The van der Waals surface area contributed by atoms with Crippen LogP contribution in [-0.2, 0) is 30.4 Å². The van der Waals surface area contributed by atoms with Crippen molar-refractivity contribution in [1.29, 1.82) is 0 Å². The maximum atomic E-state index is 13.4. The van der Waals surface area contributed by atoms with E-state index in [4.69, 9.17) is 33.0 Å². The van der Waals surface area contributed by atoms with Crippen molar-refractivity contribution in [3.05, 3.63) is 59.7 Å². The SMILES string of the molecule is CCCCc1ccc(-c2ccc(C(=O)N[C@@H](CCCCN)C(=O)N[C@H](C(=O)N[C@@H](N)C(=O)NC(CC(N)=O)C(=O)N[C@@H](N)B(O)O)[C@@H](C)O)cc2)cc1. The monoisotopic (exact) mass is 741 g/mol. The molecule has 0 bridgehead atoms. The molecule has 1 unspecified atom stereocenters. The Morgan fingerprint density at radius 3 is 1.85 bits per heavy atom. The smallest absolute Gasteiger partial charge is 0.425 e. The van der Waals surface area contributed by atoms with E-state index in [1.165, 1.54) is 12.5 Å². The molecule has 0 radical (unpaired) electrons. The van der Waals surface area contributed by atoms with Gasteiger partial charge < -0.3 is 64.7 Å². The summed E-state index contributed by atoms with van der Waals surface area (Å²) >= 11 is 0. The fourth-order valence-corrected chi connectivity index (χ4v) is 5.04. The third-order valence-corrected chi connectivity index (χ3v) is 8.13. The van der Waals surface area contributed by atoms with Crippen LogP contribution in [0.4, 0.5) is 0 Å². The molecule has 0 aliphatic heterocycles. The second-order valence-corrected chi connectivity index (χ2v) is 12.6. The molecule has 2 rings (SSSR count). The molecule has 18 nitrogen and oxygen atoms in total. The first-order valence-corrected chi connectivity index (χ1v) is 17.3. The summed E-state index contributed by atoms with van der Waals surface area (Å²) in [5.41, 5.74) is 25.3. The number of benzene rings is 2. The maximum Gasteiger partial charge on any atom is 0.490 e. The van der Waals surface area contributed by atoms with E-state index in [9.17, 15) is 33.9 Å². The number of aliphatic hydroxyl groups is 1. The van der Waals surface area contributed by atoms with Crippen molar-refractivity contribution >= 4 is 42.6 Å². The van der Waals surface area contributed by atoms with Crippen molar-refractivity contribution in [3.63, 3.8) is 0 Å². The summed E-state index contributed by atoms with van der Waals surface area (Å²) in [6.45, 7) is 3.67. The first kappa shape index (κ1) is 44.2. The number of carbonyl (C=O) groups excluding carboxylic acids is 6. The number of aryl methyl sites for hydroxylation is 1. The lowest BCUT2D eigenvalue weighted by atomic mass is 9.86. The number of hydrogen-bond donors (Lipinski definition) is 12. The molecular weight excluding hydrogens is 689 g/mol. The van der Waals surface area contributed by atoms with Crippen molar-refractivity contribution in [2.24, 2.45) is 22.9 Å². The summed E-state index contributed by atoms with van der Waals surface area (Å²) in [5, 5.41) is 39.8. The summed E-state index contributed by atoms with van der Waals surface area (Å²) in [5.74, 6) is -5.79. The Morgan fingerprint density at radius 2 is 1.32 bits per heavy atom. The molecule has 0 aromatic heterocycles. The van der Waals surface area contributed by atoms with Crippen LogP contribution in [0.25, 0.3) is 11.1 Å². The predicted octanol–water partition coefficient (Wildman–Crippen LogP) is -3.04. The Balaban J connectivity index is 2.12. The Kier molecular flexibility index (Phi) is 18.6. The van der Waals surface area contributed by atoms with Crippen molar-refractivity contribution in [3.8, 4) is 11.1 Å². The highest BCUT2D eigenvalue weighted by atomic mass is 16.4. The molecule has 6 atom stereocenters. The van der Waals surface area contributed by atoms with Crippen LogP contribution in [0.2, 0.25) is 0 Å². The van der Waals surface area contributed by atoms with Crippen molar-refractivity contribution in [2.75, 3.05) is 6.54 Å². The molecule has 0 aliphatic carbocycles. The Bertz CT molecular complexity index is 1530. The fourth-order valence-electron chi connectivity index (χ4n) is 5.04. The number of rotatable bonds is 22. The zero-order chi connectivity index (χ0) is 39.7. The first-order chi connectivity index (χ1) is 25.1. The van der Waals surface area contributed by atoms with Crippen LogP contribution < -0.4 is 49.5 Å². The van der Waals surface area contributed by atoms with Gasteiger partial charge in [-0.25, -0.2) is 0 Å². The number of aliphatic hydroxyl groups excluding tert-OH is 1. The standard InChI is InChI=1S/C34H52BN9O9/c1-3-4-7-20-9-11-21(12-10-20)22-13-15-23(16-14-22)29(47)40-24(8-5-6-17-36)30(48)42-27(19(2)45)32(50)43-28(38)33(51)41-25(18-26(37)46)31(49)44-34(39)35(52)53/h9-16,19,24-25,27-28,34,45,52-53H,3-8,17-18,36,38-39H2,1-2H3,(H2,37,46)(H,40,47)(H,41,51)(H,42,48)(H,43,50)(H,44,49)/t19-,24+,25?,27+,28-,34-/m1/s1. The molecule has 2 aromatic carbocycles. The molecule has 16 N–H and O–H groups in total. The number of primary amides is 1. The minimum absolute atomic E-state index is 0.146. The van der Waals surface area contributed by atoms with E-state index in [1.54, 1.807) is 24.3 Å². The van der Waals surface area contributed by atoms with Crippen molar-refractivity contribution < 1.29 is 43.9 Å². The van der Waals surface area contributed by atoms with Gasteiger partial charge in [0.05, 0.1) is 12.5 Å². The van der Waals surface area contributed by atoms with Gasteiger partial charge in [0.15, 0.2) is 6.17 Å². The molecule has 2 aromatic rings. The van der Waals surface area contributed by atoms with Crippen LogP contribution >= 0.6 is 0 Å². The Hall–Kier alpha value is -4.92. The minimum atomic E-state index is -2.16. The third-order valence-electron chi connectivity index (χ3n) is 8.13. The topological polar surface area (TPSA) is 327 Å². The van der Waals surface area contributed by atoms with Crippen LogP contribution in [0.1, 0.15) is 68.3 Å². The van der Waals surface area contributed by atoms with Gasteiger partial charge in [-0.05, 0) is 74.4 Å². The lowest BCUT2D eigenvalue weighted by molar-refractivity contribution is -0.136. The van der Waals surface area contributed by atoms with Gasteiger partial charge >= 0.3 is 7.12 Å². The average molecular weight is 742 g/mol. The van der Waals surface area contributed by atoms with E-state index >= 15 is 0 Å². The van der Waals surface area contributed by atoms with Gasteiger partial charge in [0.1, 0.15) is 24.2 Å². The normalized spacial score (nSPS) is 14.3. The van der Waals surface area contributed by atoms with E-state index in [-0.39, 0.29) is 12.0 Å². The van der Waals surface area contributed by atoms with Gasteiger partial charge in [-0.3, -0.25) is 28.8 Å². The highest BCUT2D eigenvalue weighted by molar-refractivity contribution is 6.43. The number of hydrogen-bond acceptors (Lipinski definition) is 12. The second-order valence-electron chi connectivity index (χ2n) is 12.6. The first-order valence-electron chi connectivity index (χ1n) is 17.3. The number of unbranched alkanes of at least 4 members (excludes halogenated alkanes) is 2. The van der Waals surface area contributed by atoms with E-state index < -0.39 is 85.4 Å². The number of amides is 6. The number of nitrogens with one attached hydrogen (secondary N) is 5. The highest BCUT2D eigenvalue weighted by Gasteiger charge is 2.33. The summed E-state index contributed by atoms with van der Waals surface area (Å²) in [6.07, 6.45) is 0.221. The second kappa shape index (κ2) is 22.2. The zero-order valence-corrected chi connectivity index (χ0v) is 29.9. The van der Waals surface area contributed by atoms with Crippen LogP contribution in [-0.4, -0.2) is 101 Å². The van der Waals surface area contributed by atoms with E-state index in [0.29, 0.717) is 19.4 Å². The van der Waals surface area contributed by atoms with Crippen molar-refractivity contribution in [1.82, 2.24) is 26.6 Å². The third kappa shape index (κ3) is 14.9. The van der Waals surface area contributed by atoms with E-state index in [2.05, 4.69) is 40.3 Å². The highest BCUT2D eigenvalue weighted by Crippen LogP contribution is 2.21. The van der Waals surface area contributed by atoms with Gasteiger partial charge in [-0.2, -0.15) is 0 Å². The summed E-state index contributed by atoms with van der Waals surface area (Å²) < 4.78 is 0. The van der Waals surface area contributed by atoms with E-state index in [0.717, 1.165) is 30.4 Å². The molecular formula is C34H52BN9O9. The maximum absolute atomic E-state index is 13.4. The number of carbonyl (C=O) groups is 6. The molecule has 0 spiro atoms. The largest absolute Gasteiger partial charge is 0.490 e. The van der Waals surface area contributed by atoms with Gasteiger partial charge in [0.25, 0.3) is 11.8 Å². The molecule has 0 saturated carbocycles. The fraction of sp³-hybridized carbons (Fsp3) is 0.471. The summed E-state index contributed by atoms with van der Waals surface area (Å²) in [4.78, 5) is 76.5. The average Bonchev–Trinajstić information content (AvgIpc) is 3.11. The van der Waals surface area contributed by atoms with Gasteiger partial charge in [-0.1, -0.05) is 49.7 Å². The summed E-state index contributed by atoms with van der Waals surface area (Å²) in [6, 6.07) is 8.90. The number of nitrogens with two attached hydrogens (primary N) is 4. The molecule has 53 heavy (non-hydrogen) atoms. The van der Waals surface area contributed by atoms with Crippen LogP contribution in [0.3, 0.4) is 0 Å².